The van der Waals surface area contributed by atoms with Crippen molar-refractivity contribution in [2.75, 3.05) is 18.0 Å². The second-order valence-corrected chi connectivity index (χ2v) is 4.49. The highest BCUT2D eigenvalue weighted by molar-refractivity contribution is 5.47. The van der Waals surface area contributed by atoms with Gasteiger partial charge in [0.2, 0.25) is 0 Å². The van der Waals surface area contributed by atoms with Gasteiger partial charge in [-0.2, -0.15) is 0 Å². The van der Waals surface area contributed by atoms with E-state index in [0.717, 1.165) is 25.7 Å². The lowest BCUT2D eigenvalue weighted by Crippen LogP contribution is -2.21. The molecule has 1 N–H and O–H groups in total. The van der Waals surface area contributed by atoms with E-state index in [9.17, 15) is 0 Å². The van der Waals surface area contributed by atoms with Crippen molar-refractivity contribution in [3.8, 4) is 0 Å². The van der Waals surface area contributed by atoms with Crippen molar-refractivity contribution < 1.29 is 0 Å². The van der Waals surface area contributed by atoms with Crippen LogP contribution in [0, 0.1) is 0 Å². The Bertz CT molecular complexity index is 310. The maximum absolute atomic E-state index is 3.54. The average molecular weight is 218 g/mol. The number of hydrogen-bond acceptors (Lipinski definition) is 2. The molecule has 0 bridgehead atoms. The molecular weight excluding hydrogens is 196 g/mol. The van der Waals surface area contributed by atoms with E-state index in [2.05, 4.69) is 48.3 Å². The maximum Gasteiger partial charge on any atom is 0.0366 e. The molecule has 1 saturated carbocycles. The zero-order valence-electron chi connectivity index (χ0n) is 10.4. The van der Waals surface area contributed by atoms with Gasteiger partial charge in [-0.15, -0.1) is 0 Å². The van der Waals surface area contributed by atoms with Crippen molar-refractivity contribution in [3.63, 3.8) is 0 Å². The van der Waals surface area contributed by atoms with Crippen LogP contribution in [0.25, 0.3) is 0 Å². The molecule has 1 aliphatic carbocycles. The lowest BCUT2D eigenvalue weighted by atomic mass is 10.2. The summed E-state index contributed by atoms with van der Waals surface area (Å²) in [5.41, 5.74) is 2.72. The van der Waals surface area contributed by atoms with Crippen LogP contribution in [0.4, 0.5) is 5.69 Å². The normalized spacial score (nSPS) is 15.1. The van der Waals surface area contributed by atoms with Crippen LogP contribution in [0.1, 0.15) is 32.3 Å². The number of benzene rings is 1. The van der Waals surface area contributed by atoms with Gasteiger partial charge in [0.1, 0.15) is 0 Å². The number of hydrogen-bond donors (Lipinski definition) is 1. The van der Waals surface area contributed by atoms with E-state index in [-0.39, 0.29) is 0 Å². The Kier molecular flexibility index (Phi) is 3.83. The topological polar surface area (TPSA) is 15.3 Å². The van der Waals surface area contributed by atoms with E-state index in [4.69, 9.17) is 0 Å². The molecule has 2 nitrogen and oxygen atoms in total. The zero-order chi connectivity index (χ0) is 11.4. The number of nitrogens with zero attached hydrogens (tertiary/aromatic N) is 1. The molecular formula is C14H22N2. The molecule has 0 atom stereocenters. The van der Waals surface area contributed by atoms with Crippen LogP contribution in [0.3, 0.4) is 0 Å². The minimum Gasteiger partial charge on any atom is -0.372 e. The lowest BCUT2D eigenvalue weighted by Gasteiger charge is -2.21. The summed E-state index contributed by atoms with van der Waals surface area (Å²) in [7, 11) is 0. The fourth-order valence-electron chi connectivity index (χ4n) is 1.96. The highest BCUT2D eigenvalue weighted by Crippen LogP contribution is 2.20. The number of nitrogens with one attached hydrogen (secondary N) is 1. The molecule has 16 heavy (non-hydrogen) atoms. The Balaban J connectivity index is 1.91. The highest BCUT2D eigenvalue weighted by atomic mass is 15.1. The van der Waals surface area contributed by atoms with Crippen LogP contribution in [-0.2, 0) is 6.54 Å². The van der Waals surface area contributed by atoms with Gasteiger partial charge < -0.3 is 10.2 Å². The van der Waals surface area contributed by atoms with Crippen molar-refractivity contribution in [1.82, 2.24) is 5.32 Å². The quantitative estimate of drug-likeness (QED) is 0.790. The minimum absolute atomic E-state index is 0.794. The molecule has 1 fully saturated rings. The minimum atomic E-state index is 0.794. The first-order valence-corrected chi connectivity index (χ1v) is 6.40. The average Bonchev–Trinajstić information content (AvgIpc) is 3.13. The summed E-state index contributed by atoms with van der Waals surface area (Å²) >= 11 is 0. The van der Waals surface area contributed by atoms with Crippen molar-refractivity contribution in [3.05, 3.63) is 29.8 Å². The molecule has 0 unspecified atom stereocenters. The molecule has 0 radical (unpaired) electrons. The van der Waals surface area contributed by atoms with Crippen LogP contribution in [-0.4, -0.2) is 19.1 Å². The standard InChI is InChI=1S/C14H22N2/c1-3-16(4-2)14-9-5-12(6-10-14)11-15-13-7-8-13/h5-6,9-10,13,15H,3-4,7-8,11H2,1-2H3. The molecule has 1 aromatic carbocycles. The van der Waals surface area contributed by atoms with Crippen LogP contribution in [0.15, 0.2) is 24.3 Å². The number of anilines is 1. The third-order valence-electron chi connectivity index (χ3n) is 3.24. The molecule has 0 amide bonds. The summed E-state index contributed by atoms with van der Waals surface area (Å²) in [6.45, 7) is 7.58. The van der Waals surface area contributed by atoms with Gasteiger partial charge in [0, 0.05) is 31.4 Å². The first-order chi connectivity index (χ1) is 7.83. The summed E-state index contributed by atoms with van der Waals surface area (Å²) in [5.74, 6) is 0. The van der Waals surface area contributed by atoms with Crippen LogP contribution >= 0.6 is 0 Å². The molecule has 88 valence electrons. The van der Waals surface area contributed by atoms with Gasteiger partial charge in [0.05, 0.1) is 0 Å². The second kappa shape index (κ2) is 5.35. The molecule has 0 saturated heterocycles. The summed E-state index contributed by atoms with van der Waals surface area (Å²) in [5, 5.41) is 3.54. The second-order valence-electron chi connectivity index (χ2n) is 4.49. The number of rotatable bonds is 6. The fraction of sp³-hybridized carbons (Fsp3) is 0.571. The molecule has 2 rings (SSSR count). The summed E-state index contributed by atoms with van der Waals surface area (Å²) in [6, 6.07) is 9.74. The largest absolute Gasteiger partial charge is 0.372 e. The SMILES string of the molecule is CCN(CC)c1ccc(CNC2CC2)cc1. The van der Waals surface area contributed by atoms with Crippen molar-refractivity contribution >= 4 is 5.69 Å². The predicted octanol–water partition coefficient (Wildman–Crippen LogP) is 2.78. The third kappa shape index (κ3) is 2.99. The molecule has 0 spiro atoms. The van der Waals surface area contributed by atoms with Gasteiger partial charge in [-0.1, -0.05) is 12.1 Å². The Morgan fingerprint density at radius 2 is 1.75 bits per heavy atom. The van der Waals surface area contributed by atoms with Gasteiger partial charge in [-0.05, 0) is 44.4 Å². The van der Waals surface area contributed by atoms with E-state index in [1.54, 1.807) is 0 Å². The summed E-state index contributed by atoms with van der Waals surface area (Å²) in [4.78, 5) is 2.37. The van der Waals surface area contributed by atoms with Gasteiger partial charge in [-0.3, -0.25) is 0 Å². The van der Waals surface area contributed by atoms with Gasteiger partial charge in [-0.25, -0.2) is 0 Å². The van der Waals surface area contributed by atoms with E-state index in [1.165, 1.54) is 24.1 Å². The van der Waals surface area contributed by atoms with E-state index in [0.29, 0.717) is 0 Å². The molecule has 2 heteroatoms. The van der Waals surface area contributed by atoms with Gasteiger partial charge in [0.15, 0.2) is 0 Å². The lowest BCUT2D eigenvalue weighted by molar-refractivity contribution is 0.687. The summed E-state index contributed by atoms with van der Waals surface area (Å²) < 4.78 is 0. The molecule has 1 aromatic rings. The Morgan fingerprint density at radius 3 is 2.25 bits per heavy atom. The fourth-order valence-corrected chi connectivity index (χ4v) is 1.96. The molecule has 0 aromatic heterocycles. The van der Waals surface area contributed by atoms with Crippen molar-refractivity contribution in [2.24, 2.45) is 0 Å². The van der Waals surface area contributed by atoms with Gasteiger partial charge in [0.25, 0.3) is 0 Å². The van der Waals surface area contributed by atoms with Crippen LogP contribution < -0.4 is 10.2 Å². The predicted molar refractivity (Wildman–Crippen MR) is 69.9 cm³/mol. The highest BCUT2D eigenvalue weighted by Gasteiger charge is 2.19. The van der Waals surface area contributed by atoms with E-state index in [1.807, 2.05) is 0 Å². The van der Waals surface area contributed by atoms with Crippen LogP contribution in [0.5, 0.6) is 0 Å². The first kappa shape index (κ1) is 11.5. The van der Waals surface area contributed by atoms with E-state index >= 15 is 0 Å². The van der Waals surface area contributed by atoms with Crippen molar-refractivity contribution in [1.29, 1.82) is 0 Å². The Labute approximate surface area is 98.7 Å². The zero-order valence-corrected chi connectivity index (χ0v) is 10.4. The smallest absolute Gasteiger partial charge is 0.0366 e. The first-order valence-electron chi connectivity index (χ1n) is 6.40. The molecule has 0 heterocycles. The van der Waals surface area contributed by atoms with E-state index < -0.39 is 0 Å². The monoisotopic (exact) mass is 218 g/mol. The molecule has 0 aliphatic heterocycles. The van der Waals surface area contributed by atoms with Gasteiger partial charge >= 0.3 is 0 Å². The molecule has 1 aliphatic rings. The Morgan fingerprint density at radius 1 is 1.12 bits per heavy atom. The Hall–Kier alpha value is -1.02. The van der Waals surface area contributed by atoms with Crippen molar-refractivity contribution in [2.45, 2.75) is 39.3 Å². The summed E-state index contributed by atoms with van der Waals surface area (Å²) in [6.07, 6.45) is 2.72. The maximum atomic E-state index is 3.54. The third-order valence-corrected chi connectivity index (χ3v) is 3.24. The van der Waals surface area contributed by atoms with Crippen LogP contribution in [0.2, 0.25) is 0 Å².